The molecule has 0 amide bonds. The van der Waals surface area contributed by atoms with Gasteiger partial charge in [0.15, 0.2) is 0 Å². The molecule has 3 aliphatic rings. The highest BCUT2D eigenvalue weighted by atomic mass is 14.9. The summed E-state index contributed by atoms with van der Waals surface area (Å²) in [5.74, 6) is 6.95. The Bertz CT molecular complexity index is 644. The summed E-state index contributed by atoms with van der Waals surface area (Å²) in [5, 5.41) is 0. The Morgan fingerprint density at radius 3 is 1.61 bits per heavy atom. The van der Waals surface area contributed by atoms with Crippen molar-refractivity contribution < 1.29 is 0 Å². The van der Waals surface area contributed by atoms with E-state index in [1.807, 2.05) is 0 Å². The third kappa shape index (κ3) is 7.28. The third-order valence-electron chi connectivity index (χ3n) is 9.94. The third-order valence-corrected chi connectivity index (χ3v) is 9.94. The first-order chi connectivity index (χ1) is 16.3. The summed E-state index contributed by atoms with van der Waals surface area (Å²) in [4.78, 5) is 9.54. The second kappa shape index (κ2) is 13.2. The minimum atomic E-state index is 0.616. The van der Waals surface area contributed by atoms with Crippen molar-refractivity contribution in [2.45, 2.75) is 142 Å². The van der Waals surface area contributed by atoms with Crippen LogP contribution in [0, 0.1) is 29.6 Å². The molecular weight excluding hydrogens is 400 g/mol. The maximum absolute atomic E-state index is 4.77. The lowest BCUT2D eigenvalue weighted by Crippen LogP contribution is -2.29. The topological polar surface area (TPSA) is 25.8 Å². The summed E-state index contributed by atoms with van der Waals surface area (Å²) < 4.78 is 0. The molecule has 0 N–H and O–H groups in total. The van der Waals surface area contributed by atoms with Crippen LogP contribution in [0.25, 0.3) is 0 Å². The summed E-state index contributed by atoms with van der Waals surface area (Å²) in [6.45, 7) is 4.58. The van der Waals surface area contributed by atoms with E-state index in [1.54, 1.807) is 25.7 Å². The predicted molar refractivity (Wildman–Crippen MR) is 140 cm³/mol. The van der Waals surface area contributed by atoms with Gasteiger partial charge in [0.05, 0.1) is 0 Å². The first-order valence-electron chi connectivity index (χ1n) is 15.1. The maximum atomic E-state index is 4.77. The van der Waals surface area contributed by atoms with Gasteiger partial charge in [-0.3, -0.25) is 0 Å². The Morgan fingerprint density at radius 1 is 0.606 bits per heavy atom. The normalized spacial score (nSPS) is 33.2. The van der Waals surface area contributed by atoms with Crippen LogP contribution in [0.3, 0.4) is 0 Å². The predicted octanol–water partition coefficient (Wildman–Crippen LogP) is 9.29. The lowest BCUT2D eigenvalue weighted by Gasteiger charge is -2.41. The number of aryl methyl sites for hydroxylation is 1. The van der Waals surface area contributed by atoms with Crippen molar-refractivity contribution >= 4 is 0 Å². The molecule has 33 heavy (non-hydrogen) atoms. The molecule has 1 aromatic rings. The van der Waals surface area contributed by atoms with E-state index >= 15 is 0 Å². The fraction of sp³-hybridized carbons (Fsp3) is 0.871. The Labute approximate surface area is 205 Å². The second-order valence-electron chi connectivity index (χ2n) is 12.1. The van der Waals surface area contributed by atoms with Crippen molar-refractivity contribution in [1.82, 2.24) is 9.97 Å². The molecule has 3 aliphatic carbocycles. The highest BCUT2D eigenvalue weighted by Gasteiger charge is 2.35. The molecule has 0 unspecified atom stereocenters. The lowest BCUT2D eigenvalue weighted by molar-refractivity contribution is 0.108. The molecule has 1 heterocycles. The van der Waals surface area contributed by atoms with Gasteiger partial charge in [-0.25, -0.2) is 9.97 Å². The van der Waals surface area contributed by atoms with Gasteiger partial charge in [0.25, 0.3) is 0 Å². The van der Waals surface area contributed by atoms with Crippen LogP contribution in [0.4, 0.5) is 0 Å². The average molecular weight is 453 g/mol. The number of hydrogen-bond donors (Lipinski definition) is 0. The molecule has 2 nitrogen and oxygen atoms in total. The Balaban J connectivity index is 1.14. The molecule has 3 fully saturated rings. The van der Waals surface area contributed by atoms with Crippen LogP contribution in [-0.4, -0.2) is 9.97 Å². The maximum Gasteiger partial charge on any atom is 0.131 e. The van der Waals surface area contributed by atoms with Gasteiger partial charge in [-0.2, -0.15) is 0 Å². The Morgan fingerprint density at radius 2 is 1.09 bits per heavy atom. The van der Waals surface area contributed by atoms with Crippen LogP contribution in [0.15, 0.2) is 12.4 Å². The highest BCUT2D eigenvalue weighted by Crippen LogP contribution is 2.47. The molecule has 186 valence electrons. The quantitative estimate of drug-likeness (QED) is 0.330. The molecule has 2 heteroatoms. The summed E-state index contributed by atoms with van der Waals surface area (Å²) in [6.07, 6.45) is 31.4. The first-order valence-corrected chi connectivity index (χ1v) is 15.1. The van der Waals surface area contributed by atoms with Crippen LogP contribution in [0.1, 0.15) is 147 Å². The highest BCUT2D eigenvalue weighted by molar-refractivity contribution is 5.08. The van der Waals surface area contributed by atoms with Gasteiger partial charge in [-0.15, -0.1) is 0 Å². The number of rotatable bonds is 10. The van der Waals surface area contributed by atoms with E-state index in [0.717, 1.165) is 41.8 Å². The van der Waals surface area contributed by atoms with E-state index in [4.69, 9.17) is 9.97 Å². The summed E-state index contributed by atoms with van der Waals surface area (Å²) in [5.41, 5.74) is 1.32. The fourth-order valence-corrected chi connectivity index (χ4v) is 7.65. The summed E-state index contributed by atoms with van der Waals surface area (Å²) in [6, 6.07) is 0. The lowest BCUT2D eigenvalue weighted by atomic mass is 9.65. The minimum Gasteiger partial charge on any atom is -0.241 e. The van der Waals surface area contributed by atoms with Crippen molar-refractivity contribution in [3.63, 3.8) is 0 Å². The number of unbranched alkanes of at least 4 members (excludes halogenated alkanes) is 3. The van der Waals surface area contributed by atoms with Crippen LogP contribution < -0.4 is 0 Å². The Hall–Kier alpha value is -0.920. The molecule has 0 atom stereocenters. The second-order valence-corrected chi connectivity index (χ2v) is 12.1. The molecule has 1 aromatic heterocycles. The van der Waals surface area contributed by atoms with Crippen LogP contribution in [0.2, 0.25) is 0 Å². The summed E-state index contributed by atoms with van der Waals surface area (Å²) in [7, 11) is 0. The molecule has 0 aliphatic heterocycles. The van der Waals surface area contributed by atoms with Gasteiger partial charge in [0, 0.05) is 18.3 Å². The first kappa shape index (κ1) is 25.2. The molecule has 0 spiro atoms. The number of nitrogens with zero attached hydrogens (tertiary/aromatic N) is 2. The van der Waals surface area contributed by atoms with E-state index in [1.165, 1.54) is 95.5 Å². The summed E-state index contributed by atoms with van der Waals surface area (Å²) >= 11 is 0. The van der Waals surface area contributed by atoms with Crippen molar-refractivity contribution in [3.05, 3.63) is 23.8 Å². The zero-order chi connectivity index (χ0) is 22.9. The Kier molecular flexibility index (Phi) is 10.1. The van der Waals surface area contributed by atoms with Crippen LogP contribution in [-0.2, 0) is 6.42 Å². The number of aromatic nitrogens is 2. The minimum absolute atomic E-state index is 0.616. The SMILES string of the molecule is CCCCC[C@H]1CC[C@H]([C@H]2CC[C@H]([C@H]3CC[C@H](c4ncc(CCCC)cn4)CC3)CC2)CC1. The molecule has 0 radical (unpaired) electrons. The molecule has 0 saturated heterocycles. The van der Waals surface area contributed by atoms with Gasteiger partial charge < -0.3 is 0 Å². The van der Waals surface area contributed by atoms with Crippen molar-refractivity contribution in [3.8, 4) is 0 Å². The van der Waals surface area contributed by atoms with Crippen molar-refractivity contribution in [2.75, 3.05) is 0 Å². The zero-order valence-corrected chi connectivity index (χ0v) is 21.9. The van der Waals surface area contributed by atoms with Crippen molar-refractivity contribution in [1.29, 1.82) is 0 Å². The van der Waals surface area contributed by atoms with Gasteiger partial charge in [0.1, 0.15) is 5.82 Å². The van der Waals surface area contributed by atoms with Gasteiger partial charge in [-0.05, 0) is 112 Å². The fourth-order valence-electron chi connectivity index (χ4n) is 7.65. The van der Waals surface area contributed by atoms with E-state index in [2.05, 4.69) is 26.2 Å². The van der Waals surface area contributed by atoms with Crippen LogP contribution in [0.5, 0.6) is 0 Å². The largest absolute Gasteiger partial charge is 0.241 e. The van der Waals surface area contributed by atoms with Crippen molar-refractivity contribution in [2.24, 2.45) is 29.6 Å². The average Bonchev–Trinajstić information content (AvgIpc) is 2.89. The molecule has 3 saturated carbocycles. The number of hydrogen-bond acceptors (Lipinski definition) is 2. The van der Waals surface area contributed by atoms with E-state index in [9.17, 15) is 0 Å². The molecular formula is C31H52N2. The van der Waals surface area contributed by atoms with E-state index < -0.39 is 0 Å². The molecule has 0 aromatic carbocycles. The van der Waals surface area contributed by atoms with Gasteiger partial charge in [-0.1, -0.05) is 58.8 Å². The van der Waals surface area contributed by atoms with Gasteiger partial charge in [0.2, 0.25) is 0 Å². The zero-order valence-electron chi connectivity index (χ0n) is 21.9. The molecule has 0 bridgehead atoms. The monoisotopic (exact) mass is 452 g/mol. The van der Waals surface area contributed by atoms with Crippen LogP contribution >= 0.6 is 0 Å². The standard InChI is InChI=1S/C31H52N2/c1-3-5-7-9-24-10-12-26(13-11-24)27-14-16-28(17-15-27)29-18-20-30(21-19-29)31-32-22-25(23-33-31)8-6-4-2/h22-24,26-30H,3-21H2,1-2H3/t24-,26-,27-,28-,29-,30-. The smallest absolute Gasteiger partial charge is 0.131 e. The van der Waals surface area contributed by atoms with E-state index in [-0.39, 0.29) is 0 Å². The van der Waals surface area contributed by atoms with Gasteiger partial charge >= 0.3 is 0 Å². The molecule has 4 rings (SSSR count). The van der Waals surface area contributed by atoms with E-state index in [0.29, 0.717) is 5.92 Å².